The van der Waals surface area contributed by atoms with Gasteiger partial charge in [-0.1, -0.05) is 29.5 Å². The van der Waals surface area contributed by atoms with E-state index in [4.69, 9.17) is 9.47 Å². The number of carbonyl (C=O) groups excluding carboxylic acids is 2. The minimum Gasteiger partial charge on any atom is -0.507 e. The number of fused-ring (bicyclic) bond motifs is 1. The summed E-state index contributed by atoms with van der Waals surface area (Å²) in [5.41, 5.74) is 3.68. The van der Waals surface area contributed by atoms with E-state index in [1.165, 1.54) is 16.2 Å². The van der Waals surface area contributed by atoms with Gasteiger partial charge in [-0.15, -0.1) is 0 Å². The van der Waals surface area contributed by atoms with E-state index in [1.54, 1.807) is 37.4 Å². The van der Waals surface area contributed by atoms with Gasteiger partial charge in [0.25, 0.3) is 5.78 Å². The second-order valence-corrected chi connectivity index (χ2v) is 10.6. The molecule has 194 valence electrons. The van der Waals surface area contributed by atoms with E-state index >= 15 is 0 Å². The first-order valence-corrected chi connectivity index (χ1v) is 13.1. The van der Waals surface area contributed by atoms with Gasteiger partial charge >= 0.3 is 5.91 Å². The molecule has 0 saturated carbocycles. The molecule has 1 aromatic heterocycles. The molecule has 0 radical (unpaired) electrons. The zero-order valence-electron chi connectivity index (χ0n) is 21.8. The molecule has 0 unspecified atom stereocenters. The van der Waals surface area contributed by atoms with E-state index in [9.17, 15) is 14.7 Å². The van der Waals surface area contributed by atoms with E-state index in [-0.39, 0.29) is 17.4 Å². The summed E-state index contributed by atoms with van der Waals surface area (Å²) < 4.78 is 12.0. The molecule has 0 spiro atoms. The summed E-state index contributed by atoms with van der Waals surface area (Å²) in [5.74, 6) is -0.425. The van der Waals surface area contributed by atoms with E-state index in [0.717, 1.165) is 21.3 Å². The van der Waals surface area contributed by atoms with Crippen molar-refractivity contribution >= 4 is 44.1 Å². The molecule has 1 atom stereocenters. The van der Waals surface area contributed by atoms with Crippen molar-refractivity contribution in [2.24, 2.45) is 0 Å². The van der Waals surface area contributed by atoms with Crippen LogP contribution in [-0.2, 0) is 9.59 Å². The number of benzene rings is 3. The summed E-state index contributed by atoms with van der Waals surface area (Å²) in [6, 6.07) is 17.3. The van der Waals surface area contributed by atoms with Gasteiger partial charge in [0.15, 0.2) is 5.13 Å². The summed E-state index contributed by atoms with van der Waals surface area (Å²) >= 11 is 1.34. The summed E-state index contributed by atoms with van der Waals surface area (Å²) in [5, 5.41) is 11.8. The molecule has 5 rings (SSSR count). The van der Waals surface area contributed by atoms with Crippen LogP contribution < -0.4 is 14.4 Å². The zero-order chi connectivity index (χ0) is 27.1. The van der Waals surface area contributed by atoms with Crippen molar-refractivity contribution in [2.75, 3.05) is 12.0 Å². The molecule has 1 aliphatic rings. The molecule has 4 aromatic rings. The lowest BCUT2D eigenvalue weighted by Crippen LogP contribution is -2.29. The Labute approximate surface area is 225 Å². The highest BCUT2D eigenvalue weighted by Gasteiger charge is 2.48. The third-order valence-corrected chi connectivity index (χ3v) is 7.44. The maximum absolute atomic E-state index is 13.5. The Morgan fingerprint density at radius 3 is 2.42 bits per heavy atom. The number of carbonyl (C=O) groups is 2. The van der Waals surface area contributed by atoms with Gasteiger partial charge in [-0.3, -0.25) is 14.5 Å². The topological polar surface area (TPSA) is 89.0 Å². The fourth-order valence-corrected chi connectivity index (χ4v) is 5.74. The molecule has 38 heavy (non-hydrogen) atoms. The number of ketones is 1. The van der Waals surface area contributed by atoms with Crippen LogP contribution in [0.25, 0.3) is 16.0 Å². The number of amides is 1. The van der Waals surface area contributed by atoms with E-state index in [0.29, 0.717) is 27.8 Å². The number of Topliss-reactive ketones (excluding diaryl/α,β-unsaturated/α-hetero) is 1. The lowest BCUT2D eigenvalue weighted by Gasteiger charge is -2.23. The van der Waals surface area contributed by atoms with Crippen molar-refractivity contribution in [1.29, 1.82) is 0 Å². The highest BCUT2D eigenvalue weighted by Crippen LogP contribution is 2.45. The number of methoxy groups -OCH3 is 1. The number of thiazole rings is 1. The molecule has 3 aromatic carbocycles. The molecular formula is C30H28N2O5S. The Morgan fingerprint density at radius 1 is 1.03 bits per heavy atom. The number of nitrogens with zero attached hydrogens (tertiary/aromatic N) is 2. The second-order valence-electron chi connectivity index (χ2n) is 9.56. The molecular weight excluding hydrogens is 500 g/mol. The quantitative estimate of drug-likeness (QED) is 0.179. The SMILES string of the molecule is COc1ccc(/C(O)=C2\C(=O)C(=O)N(c3nc4ccc(C)cc4s3)[C@H]2c2ccc(OC(C)C)cc2)cc1C. The molecule has 1 amide bonds. The Hall–Kier alpha value is -4.17. The van der Waals surface area contributed by atoms with Gasteiger partial charge < -0.3 is 14.6 Å². The Bertz CT molecular complexity index is 1590. The lowest BCUT2D eigenvalue weighted by atomic mass is 9.95. The number of aromatic nitrogens is 1. The molecule has 7 nitrogen and oxygen atoms in total. The van der Waals surface area contributed by atoms with Crippen LogP contribution >= 0.6 is 11.3 Å². The molecule has 8 heteroatoms. The number of anilines is 1. The van der Waals surface area contributed by atoms with Gasteiger partial charge in [0.05, 0.1) is 35.0 Å². The Balaban J connectivity index is 1.69. The lowest BCUT2D eigenvalue weighted by molar-refractivity contribution is -0.132. The van der Waals surface area contributed by atoms with Crippen LogP contribution in [0.1, 0.15) is 42.1 Å². The third-order valence-electron chi connectivity index (χ3n) is 6.42. The summed E-state index contributed by atoms with van der Waals surface area (Å²) in [6.07, 6.45) is -0.00370. The number of aryl methyl sites for hydroxylation is 2. The number of rotatable bonds is 6. The van der Waals surface area contributed by atoms with Gasteiger partial charge in [-0.05, 0) is 86.8 Å². The summed E-state index contributed by atoms with van der Waals surface area (Å²) in [6.45, 7) is 7.72. The first-order valence-electron chi connectivity index (χ1n) is 12.3. The number of ether oxygens (including phenoxy) is 2. The van der Waals surface area contributed by atoms with E-state index in [2.05, 4.69) is 4.98 Å². The standard InChI is InChI=1S/C30H28N2O5S/c1-16(2)37-21-10-7-19(8-11-21)26-25(27(33)20-9-13-23(36-5)18(4)15-20)28(34)29(35)32(26)30-31-22-12-6-17(3)14-24(22)38-30/h6-16,26,33H,1-5H3/b27-25+/t26-/m0/s1. The largest absolute Gasteiger partial charge is 0.507 e. The van der Waals surface area contributed by atoms with Gasteiger partial charge in [0, 0.05) is 5.56 Å². The van der Waals surface area contributed by atoms with Crippen LogP contribution in [0.4, 0.5) is 5.13 Å². The molecule has 2 heterocycles. The van der Waals surface area contributed by atoms with Crippen LogP contribution in [0.3, 0.4) is 0 Å². The number of aliphatic hydroxyl groups is 1. The van der Waals surface area contributed by atoms with Gasteiger partial charge in [-0.2, -0.15) is 0 Å². The average molecular weight is 529 g/mol. The number of aliphatic hydroxyl groups excluding tert-OH is 1. The highest BCUT2D eigenvalue weighted by molar-refractivity contribution is 7.22. The molecule has 1 fully saturated rings. The van der Waals surface area contributed by atoms with Crippen molar-refractivity contribution < 1.29 is 24.2 Å². The van der Waals surface area contributed by atoms with Crippen molar-refractivity contribution in [2.45, 2.75) is 39.8 Å². The fourth-order valence-electron chi connectivity index (χ4n) is 4.65. The van der Waals surface area contributed by atoms with Crippen LogP contribution in [0.15, 0.2) is 66.2 Å². The van der Waals surface area contributed by atoms with E-state index < -0.39 is 17.7 Å². The fraction of sp³-hybridized carbons (Fsp3) is 0.233. The van der Waals surface area contributed by atoms with Crippen molar-refractivity contribution in [1.82, 2.24) is 4.98 Å². The van der Waals surface area contributed by atoms with Gasteiger partial charge in [0.1, 0.15) is 17.3 Å². The molecule has 1 aliphatic heterocycles. The van der Waals surface area contributed by atoms with Crippen molar-refractivity contribution in [3.8, 4) is 11.5 Å². The van der Waals surface area contributed by atoms with E-state index in [1.807, 2.05) is 58.0 Å². The van der Waals surface area contributed by atoms with Gasteiger partial charge in [0.2, 0.25) is 0 Å². The first kappa shape index (κ1) is 25.5. The van der Waals surface area contributed by atoms with Crippen LogP contribution in [0.5, 0.6) is 11.5 Å². The monoisotopic (exact) mass is 528 g/mol. The van der Waals surface area contributed by atoms with Crippen LogP contribution in [-0.4, -0.2) is 35.0 Å². The maximum Gasteiger partial charge on any atom is 0.301 e. The second kappa shape index (κ2) is 9.95. The van der Waals surface area contributed by atoms with Crippen LogP contribution in [0, 0.1) is 13.8 Å². The smallest absolute Gasteiger partial charge is 0.301 e. The summed E-state index contributed by atoms with van der Waals surface area (Å²) in [7, 11) is 1.57. The minimum atomic E-state index is -0.868. The molecule has 1 saturated heterocycles. The molecule has 0 aliphatic carbocycles. The predicted octanol–water partition coefficient (Wildman–Crippen LogP) is 6.34. The predicted molar refractivity (Wildman–Crippen MR) is 149 cm³/mol. The van der Waals surface area contributed by atoms with Crippen LogP contribution in [0.2, 0.25) is 0 Å². The average Bonchev–Trinajstić information content (AvgIpc) is 3.41. The first-order chi connectivity index (χ1) is 18.2. The highest BCUT2D eigenvalue weighted by atomic mass is 32.1. The Kier molecular flexibility index (Phi) is 6.67. The number of hydrogen-bond donors (Lipinski definition) is 1. The minimum absolute atomic E-state index is 0.00370. The third kappa shape index (κ3) is 4.52. The Morgan fingerprint density at radius 2 is 1.76 bits per heavy atom. The molecule has 0 bridgehead atoms. The zero-order valence-corrected chi connectivity index (χ0v) is 22.6. The van der Waals surface area contributed by atoms with Crippen molar-refractivity contribution in [3.63, 3.8) is 0 Å². The normalized spacial score (nSPS) is 17.0. The number of hydrogen-bond acceptors (Lipinski definition) is 7. The van der Waals surface area contributed by atoms with Gasteiger partial charge in [-0.25, -0.2) is 4.98 Å². The van der Waals surface area contributed by atoms with Crippen molar-refractivity contribution in [3.05, 3.63) is 88.5 Å². The molecule has 1 N–H and O–H groups in total. The summed E-state index contributed by atoms with van der Waals surface area (Å²) in [4.78, 5) is 33.1. The maximum atomic E-state index is 13.5.